The van der Waals surface area contributed by atoms with Crippen molar-refractivity contribution < 1.29 is 4.55 Å². The molecule has 20 heavy (non-hydrogen) atoms. The van der Waals surface area contributed by atoms with Crippen molar-refractivity contribution in [3.63, 3.8) is 0 Å². The third kappa shape index (κ3) is 2.52. The van der Waals surface area contributed by atoms with Crippen molar-refractivity contribution in [1.82, 2.24) is 15.0 Å². The molecule has 3 rings (SSSR count). The van der Waals surface area contributed by atoms with Gasteiger partial charge in [0.1, 0.15) is 4.75 Å². The molecule has 0 aromatic carbocycles. The molecule has 2 atom stereocenters. The van der Waals surface area contributed by atoms with E-state index < -0.39 is 11.4 Å². The van der Waals surface area contributed by atoms with Crippen LogP contribution in [0.3, 0.4) is 0 Å². The average molecular weight is 313 g/mol. The van der Waals surface area contributed by atoms with Crippen LogP contribution >= 0.6 is 11.3 Å². The second-order valence-corrected chi connectivity index (χ2v) is 9.77. The lowest BCUT2D eigenvalue weighted by molar-refractivity contribution is 0.164. The molecule has 0 saturated carbocycles. The van der Waals surface area contributed by atoms with Crippen molar-refractivity contribution in [3.05, 3.63) is 16.1 Å². The molecule has 0 amide bonds. The molecule has 1 spiro atoms. The standard InChI is InChI=1S/C14H23N3OS2/c1-13(2,3)20(18)17-12-11-10(16-9-19-11)8-14(12)4-6-15-7-5-14/h9,12,15,17H,4-8H2,1-3H3/t12-,20-/m1/s1. The maximum Gasteiger partial charge on any atom is 0.136 e. The summed E-state index contributed by atoms with van der Waals surface area (Å²) < 4.78 is 15.7. The van der Waals surface area contributed by atoms with E-state index in [0.29, 0.717) is 0 Å². The summed E-state index contributed by atoms with van der Waals surface area (Å²) in [4.78, 5) is 5.83. The first-order valence-corrected chi connectivity index (χ1v) is 9.26. The van der Waals surface area contributed by atoms with Crippen LogP contribution in [0.2, 0.25) is 0 Å². The monoisotopic (exact) mass is 313 g/mol. The Morgan fingerprint density at radius 2 is 2.15 bits per heavy atom. The van der Waals surface area contributed by atoms with Crippen molar-refractivity contribution in [3.8, 4) is 0 Å². The first-order chi connectivity index (χ1) is 9.42. The normalized spacial score (nSPS) is 26.7. The van der Waals surface area contributed by atoms with Gasteiger partial charge in [0.25, 0.3) is 0 Å². The number of piperidine rings is 1. The zero-order valence-electron chi connectivity index (χ0n) is 12.4. The molecule has 0 bridgehead atoms. The maximum atomic E-state index is 12.5. The second-order valence-electron chi connectivity index (χ2n) is 6.88. The van der Waals surface area contributed by atoms with E-state index in [4.69, 9.17) is 0 Å². The van der Waals surface area contributed by atoms with Crippen molar-refractivity contribution in [2.75, 3.05) is 13.1 Å². The van der Waals surface area contributed by atoms with Crippen LogP contribution in [0.25, 0.3) is 0 Å². The van der Waals surface area contributed by atoms with Crippen LogP contribution in [-0.2, 0) is 17.8 Å². The van der Waals surface area contributed by atoms with Gasteiger partial charge in [0.2, 0.25) is 0 Å². The Morgan fingerprint density at radius 1 is 1.45 bits per heavy atom. The van der Waals surface area contributed by atoms with Crippen molar-refractivity contribution in [2.24, 2.45) is 5.41 Å². The average Bonchev–Trinajstić information content (AvgIpc) is 2.91. The zero-order chi connectivity index (χ0) is 14.4. The van der Waals surface area contributed by atoms with Gasteiger partial charge in [-0.15, -0.1) is 16.1 Å². The maximum absolute atomic E-state index is 12.5. The van der Waals surface area contributed by atoms with E-state index in [1.807, 2.05) is 26.3 Å². The first kappa shape index (κ1) is 14.8. The Morgan fingerprint density at radius 3 is 2.80 bits per heavy atom. The molecule has 0 unspecified atom stereocenters. The van der Waals surface area contributed by atoms with Gasteiger partial charge in [-0.2, -0.15) is 0 Å². The number of hydrogen-bond donors (Lipinski definition) is 2. The molecule has 1 aliphatic carbocycles. The van der Waals surface area contributed by atoms with E-state index in [1.54, 1.807) is 11.3 Å². The first-order valence-electron chi connectivity index (χ1n) is 7.23. The largest absolute Gasteiger partial charge is 0.598 e. The van der Waals surface area contributed by atoms with E-state index in [0.717, 1.165) is 32.4 Å². The van der Waals surface area contributed by atoms with E-state index in [-0.39, 0.29) is 16.2 Å². The lowest BCUT2D eigenvalue weighted by Gasteiger charge is -2.40. The minimum absolute atomic E-state index is 0.201. The minimum atomic E-state index is -1.04. The highest BCUT2D eigenvalue weighted by Crippen LogP contribution is 2.52. The van der Waals surface area contributed by atoms with Gasteiger partial charge >= 0.3 is 0 Å². The van der Waals surface area contributed by atoms with Gasteiger partial charge in [0, 0.05) is 21.7 Å². The van der Waals surface area contributed by atoms with Gasteiger partial charge in [-0.25, -0.2) is 4.98 Å². The summed E-state index contributed by atoms with van der Waals surface area (Å²) >= 11 is 0.674. The Balaban J connectivity index is 1.87. The van der Waals surface area contributed by atoms with E-state index in [9.17, 15) is 4.55 Å². The third-order valence-electron chi connectivity index (χ3n) is 4.45. The Hall–Kier alpha value is -0.140. The molecular formula is C14H23N3OS2. The summed E-state index contributed by atoms with van der Waals surface area (Å²) in [7, 11) is 0. The molecule has 2 heterocycles. The summed E-state index contributed by atoms with van der Waals surface area (Å²) in [5.74, 6) is 0. The third-order valence-corrected chi connectivity index (χ3v) is 6.95. The van der Waals surface area contributed by atoms with Gasteiger partial charge in [0.05, 0.1) is 17.2 Å². The quantitative estimate of drug-likeness (QED) is 0.822. The van der Waals surface area contributed by atoms with Crippen LogP contribution in [0.4, 0.5) is 0 Å². The van der Waals surface area contributed by atoms with E-state index in [1.165, 1.54) is 10.6 Å². The highest BCUT2D eigenvalue weighted by Gasteiger charge is 2.50. The number of nitrogens with zero attached hydrogens (tertiary/aromatic N) is 1. The topological polar surface area (TPSA) is 60.0 Å². The number of fused-ring (bicyclic) bond motifs is 1. The molecule has 1 saturated heterocycles. The molecule has 2 aliphatic rings. The fraction of sp³-hybridized carbons (Fsp3) is 0.786. The number of hydrogen-bond acceptors (Lipinski definition) is 5. The SMILES string of the molecule is CC(C)(C)[S@@+]([O-])N[C@@H]1c2scnc2CC12CCNCC2. The van der Waals surface area contributed by atoms with Crippen molar-refractivity contribution >= 4 is 22.7 Å². The van der Waals surface area contributed by atoms with Gasteiger partial charge in [0.15, 0.2) is 0 Å². The van der Waals surface area contributed by atoms with Crippen LogP contribution in [0, 0.1) is 5.41 Å². The summed E-state index contributed by atoms with van der Waals surface area (Å²) in [5, 5.41) is 3.44. The lowest BCUT2D eigenvalue weighted by Crippen LogP contribution is -2.48. The van der Waals surface area contributed by atoms with Crippen LogP contribution in [0.5, 0.6) is 0 Å². The molecule has 2 N–H and O–H groups in total. The molecule has 1 aromatic heterocycles. The number of thiazole rings is 1. The van der Waals surface area contributed by atoms with Gasteiger partial charge < -0.3 is 9.87 Å². The predicted octanol–water partition coefficient (Wildman–Crippen LogP) is 2.16. The highest BCUT2D eigenvalue weighted by atomic mass is 32.2. The molecule has 6 heteroatoms. The van der Waals surface area contributed by atoms with Crippen LogP contribution in [0.15, 0.2) is 5.51 Å². The Labute approximate surface area is 128 Å². The molecule has 1 aromatic rings. The second kappa shape index (κ2) is 5.25. The summed E-state index contributed by atoms with van der Waals surface area (Å²) in [6.07, 6.45) is 3.30. The van der Waals surface area contributed by atoms with Crippen molar-refractivity contribution in [2.45, 2.75) is 50.8 Å². The summed E-state index contributed by atoms with van der Waals surface area (Å²) in [6, 6.07) is 0.201. The van der Waals surface area contributed by atoms with Crippen molar-refractivity contribution in [1.29, 1.82) is 0 Å². The molecular weight excluding hydrogens is 290 g/mol. The molecule has 1 fully saturated rings. The molecule has 112 valence electrons. The predicted molar refractivity (Wildman–Crippen MR) is 84.1 cm³/mol. The molecule has 0 radical (unpaired) electrons. The van der Waals surface area contributed by atoms with Gasteiger partial charge in [-0.05, 0) is 53.1 Å². The van der Waals surface area contributed by atoms with Gasteiger partial charge in [-0.1, -0.05) is 0 Å². The fourth-order valence-electron chi connectivity index (χ4n) is 3.21. The minimum Gasteiger partial charge on any atom is -0.598 e. The number of nitrogens with one attached hydrogen (secondary N) is 2. The molecule has 4 nitrogen and oxygen atoms in total. The zero-order valence-corrected chi connectivity index (χ0v) is 14.0. The Kier molecular flexibility index (Phi) is 3.88. The molecule has 1 aliphatic heterocycles. The van der Waals surface area contributed by atoms with Crippen LogP contribution < -0.4 is 10.0 Å². The van der Waals surface area contributed by atoms with Gasteiger partial charge in [-0.3, -0.25) is 0 Å². The van der Waals surface area contributed by atoms with Crippen LogP contribution in [0.1, 0.15) is 50.2 Å². The lowest BCUT2D eigenvalue weighted by atomic mass is 9.74. The van der Waals surface area contributed by atoms with E-state index >= 15 is 0 Å². The highest BCUT2D eigenvalue weighted by molar-refractivity contribution is 7.90. The summed E-state index contributed by atoms with van der Waals surface area (Å²) in [6.45, 7) is 8.17. The van der Waals surface area contributed by atoms with Crippen LogP contribution in [-0.4, -0.2) is 27.4 Å². The Bertz CT molecular complexity index is 477. The number of rotatable bonds is 2. The smallest absolute Gasteiger partial charge is 0.136 e. The summed E-state index contributed by atoms with van der Waals surface area (Å²) in [5.41, 5.74) is 3.36. The fourth-order valence-corrected chi connectivity index (χ4v) is 5.22. The van der Waals surface area contributed by atoms with E-state index in [2.05, 4.69) is 15.0 Å². The number of aromatic nitrogens is 1.